The lowest BCUT2D eigenvalue weighted by Crippen LogP contribution is -2.24. The van der Waals surface area contributed by atoms with Gasteiger partial charge < -0.3 is 23.7 Å². The number of hydrogen-bond acceptors (Lipinski definition) is 10. The second kappa shape index (κ2) is 12.7. The lowest BCUT2D eigenvalue weighted by Gasteiger charge is -2.13. The topological polar surface area (TPSA) is 148 Å². The molecule has 0 bridgehead atoms. The third-order valence-corrected chi connectivity index (χ3v) is 5.06. The van der Waals surface area contributed by atoms with Gasteiger partial charge in [0.2, 0.25) is 5.75 Å². The van der Waals surface area contributed by atoms with E-state index in [9.17, 15) is 19.7 Å². The SMILES string of the molecule is COc1cc(C(=O)Oc2ccc(C=NNC(=O)COc3ccc(C)cc3[N+](=O)[O-])cc2)cc(OC)c1OC. The third-order valence-electron chi connectivity index (χ3n) is 5.06. The standard InChI is InChI=1S/C26H25N3O9/c1-16-5-10-21(20(11-16)29(32)33)37-15-24(30)28-27-14-17-6-8-19(9-7-17)38-26(31)18-12-22(34-2)25(36-4)23(13-18)35-3/h5-14H,15H2,1-4H3,(H,28,30). The quantitative estimate of drug-likeness (QED) is 0.131. The van der Waals surface area contributed by atoms with Gasteiger partial charge in [0.1, 0.15) is 5.75 Å². The van der Waals surface area contributed by atoms with Gasteiger partial charge in [0.25, 0.3) is 5.91 Å². The van der Waals surface area contributed by atoms with Crippen molar-refractivity contribution >= 4 is 23.8 Å². The van der Waals surface area contributed by atoms with E-state index in [1.165, 1.54) is 51.8 Å². The monoisotopic (exact) mass is 523 g/mol. The van der Waals surface area contributed by atoms with Crippen molar-refractivity contribution in [2.75, 3.05) is 27.9 Å². The molecule has 198 valence electrons. The number of rotatable bonds is 11. The number of nitrogens with one attached hydrogen (secondary N) is 1. The van der Waals surface area contributed by atoms with Gasteiger partial charge in [0, 0.05) is 6.07 Å². The van der Waals surface area contributed by atoms with Crippen LogP contribution in [0.1, 0.15) is 21.5 Å². The van der Waals surface area contributed by atoms with E-state index in [4.69, 9.17) is 23.7 Å². The van der Waals surface area contributed by atoms with Gasteiger partial charge in [-0.1, -0.05) is 6.07 Å². The first-order valence-electron chi connectivity index (χ1n) is 11.1. The minimum Gasteiger partial charge on any atom is -0.493 e. The summed E-state index contributed by atoms with van der Waals surface area (Å²) in [5.74, 6) is 0.00305. The molecule has 12 nitrogen and oxygen atoms in total. The van der Waals surface area contributed by atoms with Crippen molar-refractivity contribution in [2.24, 2.45) is 5.10 Å². The lowest BCUT2D eigenvalue weighted by molar-refractivity contribution is -0.385. The molecule has 0 radical (unpaired) electrons. The summed E-state index contributed by atoms with van der Waals surface area (Å²) in [4.78, 5) is 35.2. The van der Waals surface area contributed by atoms with Crippen LogP contribution < -0.4 is 29.1 Å². The van der Waals surface area contributed by atoms with Crippen molar-refractivity contribution in [3.8, 4) is 28.7 Å². The summed E-state index contributed by atoms with van der Waals surface area (Å²) in [6, 6.07) is 13.8. The van der Waals surface area contributed by atoms with E-state index in [0.717, 1.165) is 0 Å². The first kappa shape index (κ1) is 27.5. The molecule has 3 rings (SSSR count). The average molecular weight is 523 g/mol. The first-order valence-corrected chi connectivity index (χ1v) is 11.1. The Hall–Kier alpha value is -5.13. The fourth-order valence-corrected chi connectivity index (χ4v) is 3.23. The van der Waals surface area contributed by atoms with Crippen molar-refractivity contribution in [1.82, 2.24) is 5.43 Å². The molecule has 0 spiro atoms. The van der Waals surface area contributed by atoms with E-state index in [2.05, 4.69) is 10.5 Å². The maximum absolute atomic E-state index is 12.6. The van der Waals surface area contributed by atoms with Crippen LogP contribution in [0.5, 0.6) is 28.7 Å². The Labute approximate surface area is 217 Å². The smallest absolute Gasteiger partial charge is 0.343 e. The van der Waals surface area contributed by atoms with Crippen LogP contribution >= 0.6 is 0 Å². The van der Waals surface area contributed by atoms with Crippen molar-refractivity contribution in [3.63, 3.8) is 0 Å². The number of carbonyl (C=O) groups is 2. The molecule has 12 heteroatoms. The first-order chi connectivity index (χ1) is 18.2. The largest absolute Gasteiger partial charge is 0.493 e. The van der Waals surface area contributed by atoms with E-state index < -0.39 is 23.4 Å². The molecule has 0 aliphatic heterocycles. The molecule has 3 aromatic rings. The zero-order chi connectivity index (χ0) is 27.7. The fourth-order valence-electron chi connectivity index (χ4n) is 3.23. The summed E-state index contributed by atoms with van der Waals surface area (Å²) in [5, 5.41) is 15.0. The molecule has 0 aromatic heterocycles. The Kier molecular flexibility index (Phi) is 9.19. The Balaban J connectivity index is 1.55. The second-order valence-corrected chi connectivity index (χ2v) is 7.68. The predicted molar refractivity (Wildman–Crippen MR) is 137 cm³/mol. The number of hydrazone groups is 1. The number of nitrogens with zero attached hydrogens (tertiary/aromatic N) is 2. The highest BCUT2D eigenvalue weighted by atomic mass is 16.6. The summed E-state index contributed by atoms with van der Waals surface area (Å²) >= 11 is 0. The molecule has 0 saturated heterocycles. The number of benzene rings is 3. The van der Waals surface area contributed by atoms with Crippen LogP contribution in [0.15, 0.2) is 59.7 Å². The molecule has 38 heavy (non-hydrogen) atoms. The van der Waals surface area contributed by atoms with Gasteiger partial charge in [-0.05, 0) is 60.5 Å². The minimum atomic E-state index is -0.633. The Bertz CT molecular complexity index is 1330. The van der Waals surface area contributed by atoms with Gasteiger partial charge in [-0.15, -0.1) is 0 Å². The van der Waals surface area contributed by atoms with E-state index in [1.54, 1.807) is 37.3 Å². The molecule has 0 aliphatic carbocycles. The maximum atomic E-state index is 12.6. The Morgan fingerprint density at radius 2 is 1.61 bits per heavy atom. The number of aryl methyl sites for hydroxylation is 1. The normalized spacial score (nSPS) is 10.5. The lowest BCUT2D eigenvalue weighted by atomic mass is 10.2. The highest BCUT2D eigenvalue weighted by molar-refractivity contribution is 5.93. The summed E-state index contributed by atoms with van der Waals surface area (Å²) in [6.45, 7) is 1.25. The van der Waals surface area contributed by atoms with Crippen LogP contribution in [0.25, 0.3) is 0 Å². The number of carbonyl (C=O) groups excluding carboxylic acids is 2. The second-order valence-electron chi connectivity index (χ2n) is 7.68. The van der Waals surface area contributed by atoms with Crippen molar-refractivity contribution in [3.05, 3.63) is 81.4 Å². The van der Waals surface area contributed by atoms with E-state index >= 15 is 0 Å². The molecule has 0 atom stereocenters. The predicted octanol–water partition coefficient (Wildman–Crippen LogP) is 3.68. The number of hydrogen-bond donors (Lipinski definition) is 1. The number of ether oxygens (including phenoxy) is 5. The molecule has 0 heterocycles. The van der Waals surface area contributed by atoms with Crippen LogP contribution in [0.2, 0.25) is 0 Å². The average Bonchev–Trinajstić information content (AvgIpc) is 2.92. The van der Waals surface area contributed by atoms with Gasteiger partial charge in [0.05, 0.1) is 38.0 Å². The van der Waals surface area contributed by atoms with E-state index in [-0.39, 0.29) is 22.7 Å². The number of methoxy groups -OCH3 is 3. The Morgan fingerprint density at radius 1 is 0.947 bits per heavy atom. The molecule has 3 aromatic carbocycles. The fraction of sp³-hybridized carbons (Fsp3) is 0.192. The minimum absolute atomic E-state index is 0.0172. The zero-order valence-electron chi connectivity index (χ0n) is 21.0. The van der Waals surface area contributed by atoms with Crippen LogP contribution in [-0.4, -0.2) is 51.0 Å². The summed E-state index contributed by atoms with van der Waals surface area (Å²) < 4.78 is 26.4. The zero-order valence-corrected chi connectivity index (χ0v) is 21.0. The van der Waals surface area contributed by atoms with E-state index in [1.807, 2.05) is 0 Å². The van der Waals surface area contributed by atoms with Crippen molar-refractivity contribution < 1.29 is 38.2 Å². The number of esters is 1. The van der Waals surface area contributed by atoms with Gasteiger partial charge >= 0.3 is 11.7 Å². The molecule has 1 N–H and O–H groups in total. The van der Waals surface area contributed by atoms with Crippen LogP contribution in [0.3, 0.4) is 0 Å². The molecule has 0 aliphatic rings. The molecular weight excluding hydrogens is 498 g/mol. The molecule has 1 amide bonds. The van der Waals surface area contributed by atoms with E-state index in [0.29, 0.717) is 28.4 Å². The highest BCUT2D eigenvalue weighted by Crippen LogP contribution is 2.38. The van der Waals surface area contributed by atoms with Crippen LogP contribution in [0, 0.1) is 17.0 Å². The Morgan fingerprint density at radius 3 is 2.18 bits per heavy atom. The molecule has 0 fully saturated rings. The molecular formula is C26H25N3O9. The van der Waals surface area contributed by atoms with Crippen molar-refractivity contribution in [1.29, 1.82) is 0 Å². The summed E-state index contributed by atoms with van der Waals surface area (Å²) in [7, 11) is 4.35. The third kappa shape index (κ3) is 6.97. The van der Waals surface area contributed by atoms with Gasteiger partial charge in [0.15, 0.2) is 23.9 Å². The number of amides is 1. The van der Waals surface area contributed by atoms with Crippen LogP contribution in [-0.2, 0) is 4.79 Å². The molecule has 0 saturated carbocycles. The number of nitro benzene ring substituents is 1. The maximum Gasteiger partial charge on any atom is 0.343 e. The van der Waals surface area contributed by atoms with Crippen LogP contribution in [0.4, 0.5) is 5.69 Å². The summed E-state index contributed by atoms with van der Waals surface area (Å²) in [6.07, 6.45) is 1.37. The number of nitro groups is 1. The van der Waals surface area contributed by atoms with Gasteiger partial charge in [-0.3, -0.25) is 14.9 Å². The highest BCUT2D eigenvalue weighted by Gasteiger charge is 2.19. The van der Waals surface area contributed by atoms with Gasteiger partial charge in [-0.25, -0.2) is 10.2 Å². The van der Waals surface area contributed by atoms with Gasteiger partial charge in [-0.2, -0.15) is 5.10 Å². The summed E-state index contributed by atoms with van der Waals surface area (Å²) in [5.41, 5.74) is 3.55. The molecule has 0 unspecified atom stereocenters. The van der Waals surface area contributed by atoms with Crippen molar-refractivity contribution in [2.45, 2.75) is 6.92 Å².